The fraction of sp³-hybridized carbons (Fsp3) is 0.600. The van der Waals surface area contributed by atoms with E-state index in [0.717, 1.165) is 38.9 Å². The number of carbonyl (C=O) groups is 2. The van der Waals surface area contributed by atoms with Crippen LogP contribution < -0.4 is 10.6 Å². The van der Waals surface area contributed by atoms with Gasteiger partial charge >= 0.3 is 0 Å². The molecule has 1 aliphatic rings. The smallest absolute Gasteiger partial charge is 0.251 e. The first-order valence-electron chi connectivity index (χ1n) is 9.54. The number of rotatable bonds is 8. The van der Waals surface area contributed by atoms with Crippen LogP contribution in [0.3, 0.4) is 0 Å². The van der Waals surface area contributed by atoms with Gasteiger partial charge in [0, 0.05) is 41.4 Å². The zero-order valence-corrected chi connectivity index (χ0v) is 16.9. The molecule has 0 bridgehead atoms. The Balaban J connectivity index is 1.74. The molecule has 0 unspecified atom stereocenters. The Morgan fingerprint density at radius 2 is 1.85 bits per heavy atom. The molecule has 1 aliphatic heterocycles. The lowest BCUT2D eigenvalue weighted by Gasteiger charge is -2.31. The van der Waals surface area contributed by atoms with Gasteiger partial charge in [-0.25, -0.2) is 0 Å². The highest BCUT2D eigenvalue weighted by molar-refractivity contribution is 7.99. The van der Waals surface area contributed by atoms with Gasteiger partial charge in [-0.15, -0.1) is 11.8 Å². The van der Waals surface area contributed by atoms with E-state index in [9.17, 15) is 9.59 Å². The first-order valence-corrected chi connectivity index (χ1v) is 10.4. The standard InChI is InChI=1S/C20H31N3O2S/c1-4-11-21-19(24)14-23-12-9-17(10-13-23)22-20(25)16-5-7-18(8-6-16)26-15(2)3/h5-8,15,17H,4,9-14H2,1-3H3,(H,21,24)(H,22,25). The Morgan fingerprint density at radius 1 is 1.19 bits per heavy atom. The Hall–Kier alpha value is -1.53. The summed E-state index contributed by atoms with van der Waals surface area (Å²) in [4.78, 5) is 27.6. The van der Waals surface area contributed by atoms with E-state index in [4.69, 9.17) is 0 Å². The number of nitrogens with one attached hydrogen (secondary N) is 2. The van der Waals surface area contributed by atoms with Crippen LogP contribution >= 0.6 is 11.8 Å². The fourth-order valence-electron chi connectivity index (χ4n) is 2.98. The molecular formula is C20H31N3O2S. The molecule has 0 aliphatic carbocycles. The second-order valence-corrected chi connectivity index (χ2v) is 8.71. The number of hydrogen-bond acceptors (Lipinski definition) is 4. The van der Waals surface area contributed by atoms with Gasteiger partial charge in [0.1, 0.15) is 0 Å². The van der Waals surface area contributed by atoms with E-state index in [-0.39, 0.29) is 17.9 Å². The highest BCUT2D eigenvalue weighted by Gasteiger charge is 2.22. The number of piperidine rings is 1. The quantitative estimate of drug-likeness (QED) is 0.684. The zero-order chi connectivity index (χ0) is 18.9. The lowest BCUT2D eigenvalue weighted by Crippen LogP contribution is -2.47. The van der Waals surface area contributed by atoms with Crippen LogP contribution in [0.25, 0.3) is 0 Å². The van der Waals surface area contributed by atoms with Crippen LogP contribution in [0.4, 0.5) is 0 Å². The molecule has 6 heteroatoms. The number of hydrogen-bond donors (Lipinski definition) is 2. The molecule has 1 saturated heterocycles. The van der Waals surface area contributed by atoms with E-state index in [1.54, 1.807) is 11.8 Å². The Labute approximate surface area is 161 Å². The summed E-state index contributed by atoms with van der Waals surface area (Å²) < 4.78 is 0. The average molecular weight is 378 g/mol. The Kier molecular flexibility index (Phi) is 8.45. The maximum atomic E-state index is 12.4. The van der Waals surface area contributed by atoms with Crippen molar-refractivity contribution in [2.24, 2.45) is 0 Å². The minimum absolute atomic E-state index is 0.00904. The van der Waals surface area contributed by atoms with E-state index in [1.165, 1.54) is 4.90 Å². The van der Waals surface area contributed by atoms with Gasteiger partial charge < -0.3 is 10.6 Å². The number of nitrogens with zero attached hydrogens (tertiary/aromatic N) is 1. The van der Waals surface area contributed by atoms with Crippen molar-refractivity contribution in [3.8, 4) is 0 Å². The van der Waals surface area contributed by atoms with Crippen molar-refractivity contribution in [3.63, 3.8) is 0 Å². The van der Waals surface area contributed by atoms with Crippen molar-refractivity contribution in [1.29, 1.82) is 0 Å². The monoisotopic (exact) mass is 377 g/mol. The van der Waals surface area contributed by atoms with Gasteiger partial charge in [0.2, 0.25) is 5.91 Å². The average Bonchev–Trinajstić information content (AvgIpc) is 2.61. The van der Waals surface area contributed by atoms with E-state index in [1.807, 2.05) is 31.2 Å². The summed E-state index contributed by atoms with van der Waals surface area (Å²) in [6.45, 7) is 9.24. The second kappa shape index (κ2) is 10.6. The molecule has 0 saturated carbocycles. The van der Waals surface area contributed by atoms with Crippen molar-refractivity contribution in [2.45, 2.75) is 56.2 Å². The maximum Gasteiger partial charge on any atom is 0.251 e. The molecule has 1 aromatic carbocycles. The first kappa shape index (κ1) is 20.8. The molecule has 5 nitrogen and oxygen atoms in total. The topological polar surface area (TPSA) is 61.4 Å². The van der Waals surface area contributed by atoms with Gasteiger partial charge in [-0.05, 0) is 43.5 Å². The molecule has 1 heterocycles. The third kappa shape index (κ3) is 7.00. The number of thioether (sulfide) groups is 1. The predicted molar refractivity (Wildman–Crippen MR) is 108 cm³/mol. The molecule has 1 aromatic rings. The van der Waals surface area contributed by atoms with E-state index in [0.29, 0.717) is 17.4 Å². The second-order valence-electron chi connectivity index (χ2n) is 7.06. The molecule has 2 amide bonds. The lowest BCUT2D eigenvalue weighted by atomic mass is 10.0. The summed E-state index contributed by atoms with van der Waals surface area (Å²) >= 11 is 1.79. The van der Waals surface area contributed by atoms with Crippen molar-refractivity contribution in [3.05, 3.63) is 29.8 Å². The fourth-order valence-corrected chi connectivity index (χ4v) is 3.82. The maximum absolute atomic E-state index is 12.4. The van der Waals surface area contributed by atoms with E-state index in [2.05, 4.69) is 29.4 Å². The van der Waals surface area contributed by atoms with Gasteiger partial charge in [-0.1, -0.05) is 20.8 Å². The Bertz CT molecular complexity index is 581. The Morgan fingerprint density at radius 3 is 2.42 bits per heavy atom. The molecule has 2 N–H and O–H groups in total. The van der Waals surface area contributed by atoms with Crippen LogP contribution in [0.15, 0.2) is 29.2 Å². The van der Waals surface area contributed by atoms with Crippen LogP contribution in [-0.2, 0) is 4.79 Å². The number of likely N-dealkylation sites (tertiary alicyclic amines) is 1. The van der Waals surface area contributed by atoms with Crippen LogP contribution in [-0.4, -0.2) is 54.2 Å². The molecule has 0 atom stereocenters. The van der Waals surface area contributed by atoms with Gasteiger partial charge in [0.15, 0.2) is 0 Å². The van der Waals surface area contributed by atoms with Crippen LogP contribution in [0.2, 0.25) is 0 Å². The largest absolute Gasteiger partial charge is 0.355 e. The van der Waals surface area contributed by atoms with Crippen molar-refractivity contribution < 1.29 is 9.59 Å². The van der Waals surface area contributed by atoms with Crippen molar-refractivity contribution in [2.75, 3.05) is 26.2 Å². The van der Waals surface area contributed by atoms with Crippen LogP contribution in [0.5, 0.6) is 0 Å². The first-order chi connectivity index (χ1) is 12.5. The molecule has 1 fully saturated rings. The van der Waals surface area contributed by atoms with Crippen LogP contribution in [0.1, 0.15) is 50.4 Å². The highest BCUT2D eigenvalue weighted by atomic mass is 32.2. The zero-order valence-electron chi connectivity index (χ0n) is 16.1. The summed E-state index contributed by atoms with van der Waals surface area (Å²) in [5, 5.41) is 6.57. The summed E-state index contributed by atoms with van der Waals surface area (Å²) in [5.41, 5.74) is 0.708. The van der Waals surface area contributed by atoms with E-state index >= 15 is 0 Å². The molecule has 0 aromatic heterocycles. The van der Waals surface area contributed by atoms with Crippen molar-refractivity contribution in [1.82, 2.24) is 15.5 Å². The number of amides is 2. The number of benzene rings is 1. The highest BCUT2D eigenvalue weighted by Crippen LogP contribution is 2.23. The summed E-state index contributed by atoms with van der Waals surface area (Å²) in [5.74, 6) is 0.0823. The summed E-state index contributed by atoms with van der Waals surface area (Å²) in [6, 6.07) is 8.00. The minimum Gasteiger partial charge on any atom is -0.355 e. The molecule has 26 heavy (non-hydrogen) atoms. The van der Waals surface area contributed by atoms with Crippen LogP contribution in [0, 0.1) is 0 Å². The lowest BCUT2D eigenvalue weighted by molar-refractivity contribution is -0.122. The third-order valence-corrected chi connectivity index (χ3v) is 5.37. The van der Waals surface area contributed by atoms with Gasteiger partial charge in [-0.2, -0.15) is 0 Å². The van der Waals surface area contributed by atoms with Gasteiger partial charge in [0.05, 0.1) is 6.54 Å². The predicted octanol–water partition coefficient (Wildman–Crippen LogP) is 2.91. The molecule has 0 radical (unpaired) electrons. The molecule has 144 valence electrons. The van der Waals surface area contributed by atoms with Gasteiger partial charge in [-0.3, -0.25) is 14.5 Å². The SMILES string of the molecule is CCCNC(=O)CN1CCC(NC(=O)c2ccc(SC(C)C)cc2)CC1. The van der Waals surface area contributed by atoms with Crippen molar-refractivity contribution >= 4 is 23.6 Å². The third-order valence-electron chi connectivity index (χ3n) is 4.35. The molecular weight excluding hydrogens is 346 g/mol. The van der Waals surface area contributed by atoms with Gasteiger partial charge in [0.25, 0.3) is 5.91 Å². The molecule has 0 spiro atoms. The summed E-state index contributed by atoms with van der Waals surface area (Å²) in [7, 11) is 0. The minimum atomic E-state index is -0.00904. The number of carbonyl (C=O) groups excluding carboxylic acids is 2. The van der Waals surface area contributed by atoms with E-state index < -0.39 is 0 Å². The summed E-state index contributed by atoms with van der Waals surface area (Å²) in [6.07, 6.45) is 2.72. The molecule has 2 rings (SSSR count). The normalized spacial score (nSPS) is 15.8.